The Balaban J connectivity index is 1.51. The highest BCUT2D eigenvalue weighted by Gasteiger charge is 2.25. The zero-order valence-corrected chi connectivity index (χ0v) is 12.1. The van der Waals surface area contributed by atoms with Crippen LogP contribution in [0.25, 0.3) is 0 Å². The number of nitrogens with zero attached hydrogens (tertiary/aromatic N) is 2. The molecule has 1 saturated carbocycles. The van der Waals surface area contributed by atoms with Gasteiger partial charge in [0.2, 0.25) is 0 Å². The summed E-state index contributed by atoms with van der Waals surface area (Å²) >= 11 is 0. The largest absolute Gasteiger partial charge is 0.493 e. The van der Waals surface area contributed by atoms with Crippen molar-refractivity contribution in [1.82, 2.24) is 9.13 Å². The van der Waals surface area contributed by atoms with E-state index in [0.717, 1.165) is 30.6 Å². The molecule has 0 saturated heterocycles. The number of hydrogen-bond donors (Lipinski definition) is 1. The highest BCUT2D eigenvalue weighted by molar-refractivity contribution is 5.32. The van der Waals surface area contributed by atoms with Gasteiger partial charge in [0.25, 0.3) is 0 Å². The molecule has 1 aliphatic carbocycles. The Kier molecular flexibility index (Phi) is 4.10. The second-order valence-corrected chi connectivity index (χ2v) is 5.43. The molecule has 2 N–H and O–H groups in total. The molecular weight excluding hydrogens is 266 g/mol. The molecule has 1 heterocycles. The zero-order valence-electron chi connectivity index (χ0n) is 12.1. The summed E-state index contributed by atoms with van der Waals surface area (Å²) < 4.78 is 9.35. The average molecular weight is 287 g/mol. The third-order valence-electron chi connectivity index (χ3n) is 3.81. The van der Waals surface area contributed by atoms with Crippen molar-refractivity contribution in [2.45, 2.75) is 38.4 Å². The van der Waals surface area contributed by atoms with E-state index in [-0.39, 0.29) is 5.69 Å². The van der Waals surface area contributed by atoms with Gasteiger partial charge in [-0.05, 0) is 25.3 Å². The quantitative estimate of drug-likeness (QED) is 0.791. The van der Waals surface area contributed by atoms with Crippen LogP contribution in [0.4, 0.5) is 0 Å². The molecule has 0 atom stereocenters. The van der Waals surface area contributed by atoms with Crippen LogP contribution in [-0.2, 0) is 13.1 Å². The number of aryl methyl sites for hydroxylation is 1. The molecule has 0 unspecified atom stereocenters. The molecule has 1 aromatic heterocycles. The fourth-order valence-electron chi connectivity index (χ4n) is 2.46. The third-order valence-corrected chi connectivity index (χ3v) is 3.81. The summed E-state index contributed by atoms with van der Waals surface area (Å²) in [7, 11) is 0. The summed E-state index contributed by atoms with van der Waals surface area (Å²) in [6.45, 7) is 1.74. The number of hydrogen-bond acceptors (Lipinski definition) is 3. The van der Waals surface area contributed by atoms with Crippen LogP contribution in [0.1, 0.15) is 30.9 Å². The molecule has 112 valence electrons. The van der Waals surface area contributed by atoms with Crippen LogP contribution in [0.3, 0.4) is 0 Å². The van der Waals surface area contributed by atoms with Crippen LogP contribution in [0.2, 0.25) is 0 Å². The maximum atomic E-state index is 12.1. The Morgan fingerprint density at radius 3 is 2.81 bits per heavy atom. The summed E-state index contributed by atoms with van der Waals surface area (Å²) in [5.74, 6) is 0.836. The van der Waals surface area contributed by atoms with Gasteiger partial charge in [0.05, 0.1) is 6.61 Å². The van der Waals surface area contributed by atoms with E-state index in [2.05, 4.69) is 0 Å². The second kappa shape index (κ2) is 6.18. The predicted molar refractivity (Wildman–Crippen MR) is 81.4 cm³/mol. The molecule has 2 aromatic rings. The Morgan fingerprint density at radius 2 is 2.05 bits per heavy atom. The minimum Gasteiger partial charge on any atom is -0.493 e. The Labute approximate surface area is 124 Å². The fraction of sp³-hybridized carbons (Fsp3) is 0.438. The van der Waals surface area contributed by atoms with Gasteiger partial charge in [0.1, 0.15) is 5.75 Å². The van der Waals surface area contributed by atoms with Crippen LogP contribution in [0.5, 0.6) is 5.75 Å². The molecule has 1 fully saturated rings. The summed E-state index contributed by atoms with van der Waals surface area (Å²) in [6.07, 6.45) is 6.82. The lowest BCUT2D eigenvalue weighted by atomic mass is 10.2. The first kappa shape index (κ1) is 13.9. The van der Waals surface area contributed by atoms with Crippen molar-refractivity contribution < 1.29 is 4.74 Å². The van der Waals surface area contributed by atoms with E-state index in [1.165, 1.54) is 0 Å². The topological polar surface area (TPSA) is 62.2 Å². The molecule has 5 heteroatoms. The molecule has 1 aromatic carbocycles. The third kappa shape index (κ3) is 3.19. The lowest BCUT2D eigenvalue weighted by Crippen LogP contribution is -2.24. The van der Waals surface area contributed by atoms with Gasteiger partial charge in [-0.25, -0.2) is 4.79 Å². The maximum Gasteiger partial charge on any atom is 0.328 e. The van der Waals surface area contributed by atoms with Crippen molar-refractivity contribution in [2.75, 3.05) is 6.61 Å². The van der Waals surface area contributed by atoms with Gasteiger partial charge in [-0.2, -0.15) is 0 Å². The SMILES string of the molecule is NCc1ccccc1OCCCn1ccn(C2CC2)c1=O. The van der Waals surface area contributed by atoms with Gasteiger partial charge in [-0.15, -0.1) is 0 Å². The summed E-state index contributed by atoms with van der Waals surface area (Å²) in [5.41, 5.74) is 6.78. The van der Waals surface area contributed by atoms with Crippen LogP contribution in [0, 0.1) is 0 Å². The lowest BCUT2D eigenvalue weighted by Gasteiger charge is -2.10. The van der Waals surface area contributed by atoms with Gasteiger partial charge < -0.3 is 10.5 Å². The van der Waals surface area contributed by atoms with E-state index < -0.39 is 0 Å². The number of aromatic nitrogens is 2. The summed E-state index contributed by atoms with van der Waals surface area (Å²) in [4.78, 5) is 12.1. The number of para-hydroxylation sites is 1. The van der Waals surface area contributed by atoms with Crippen LogP contribution in [0.15, 0.2) is 41.5 Å². The molecule has 5 nitrogen and oxygen atoms in total. The summed E-state index contributed by atoms with van der Waals surface area (Å²) in [5, 5.41) is 0. The molecule has 21 heavy (non-hydrogen) atoms. The first-order valence-electron chi connectivity index (χ1n) is 7.47. The highest BCUT2D eigenvalue weighted by atomic mass is 16.5. The fourth-order valence-corrected chi connectivity index (χ4v) is 2.46. The van der Waals surface area contributed by atoms with E-state index >= 15 is 0 Å². The Hall–Kier alpha value is -2.01. The highest BCUT2D eigenvalue weighted by Crippen LogP contribution is 2.33. The van der Waals surface area contributed by atoms with Crippen LogP contribution < -0.4 is 16.2 Å². The minimum absolute atomic E-state index is 0.0971. The van der Waals surface area contributed by atoms with Gasteiger partial charge in [-0.3, -0.25) is 9.13 Å². The van der Waals surface area contributed by atoms with Gasteiger partial charge in [0, 0.05) is 37.1 Å². The van der Waals surface area contributed by atoms with Gasteiger partial charge in [-0.1, -0.05) is 18.2 Å². The number of nitrogens with two attached hydrogens (primary N) is 1. The predicted octanol–water partition coefficient (Wildman–Crippen LogP) is 1.91. The van der Waals surface area contributed by atoms with Gasteiger partial charge >= 0.3 is 5.69 Å². The lowest BCUT2D eigenvalue weighted by molar-refractivity contribution is 0.298. The zero-order chi connectivity index (χ0) is 14.7. The standard InChI is InChI=1S/C16H21N3O2/c17-12-13-4-1-2-5-15(13)21-11-3-8-18-9-10-19(16(18)20)14-6-7-14/h1-2,4-5,9-10,14H,3,6-8,11-12,17H2. The second-order valence-electron chi connectivity index (χ2n) is 5.43. The van der Waals surface area contributed by atoms with Crippen molar-refractivity contribution in [3.63, 3.8) is 0 Å². The molecule has 0 spiro atoms. The molecule has 0 aliphatic heterocycles. The van der Waals surface area contributed by atoms with Gasteiger partial charge in [0.15, 0.2) is 0 Å². The summed E-state index contributed by atoms with van der Waals surface area (Å²) in [6, 6.07) is 8.23. The molecule has 1 aliphatic rings. The first-order valence-corrected chi connectivity index (χ1v) is 7.47. The van der Waals surface area contributed by atoms with Crippen LogP contribution >= 0.6 is 0 Å². The normalized spacial score (nSPS) is 14.3. The van der Waals surface area contributed by atoms with Crippen molar-refractivity contribution in [2.24, 2.45) is 5.73 Å². The average Bonchev–Trinajstić information content (AvgIpc) is 3.29. The van der Waals surface area contributed by atoms with E-state index in [1.807, 2.05) is 41.2 Å². The van der Waals surface area contributed by atoms with E-state index in [0.29, 0.717) is 25.7 Å². The molecular formula is C16H21N3O2. The first-order chi connectivity index (χ1) is 10.3. The van der Waals surface area contributed by atoms with Crippen LogP contribution in [-0.4, -0.2) is 15.7 Å². The number of ether oxygens (including phenoxy) is 1. The van der Waals surface area contributed by atoms with Crippen molar-refractivity contribution in [1.29, 1.82) is 0 Å². The number of imidazole rings is 1. The number of benzene rings is 1. The van der Waals surface area contributed by atoms with E-state index in [4.69, 9.17) is 10.5 Å². The smallest absolute Gasteiger partial charge is 0.328 e. The molecule has 0 amide bonds. The Bertz CT molecular complexity index is 656. The maximum absolute atomic E-state index is 12.1. The molecule has 3 rings (SSSR count). The van der Waals surface area contributed by atoms with Crippen molar-refractivity contribution in [3.05, 3.63) is 52.7 Å². The van der Waals surface area contributed by atoms with Crippen molar-refractivity contribution >= 4 is 0 Å². The number of rotatable bonds is 7. The van der Waals surface area contributed by atoms with E-state index in [1.54, 1.807) is 4.57 Å². The Morgan fingerprint density at radius 1 is 1.24 bits per heavy atom. The molecule has 0 bridgehead atoms. The monoisotopic (exact) mass is 287 g/mol. The van der Waals surface area contributed by atoms with E-state index in [9.17, 15) is 4.79 Å². The molecule has 0 radical (unpaired) electrons. The van der Waals surface area contributed by atoms with Crippen molar-refractivity contribution in [3.8, 4) is 5.75 Å². The minimum atomic E-state index is 0.0971.